The third-order valence-electron chi connectivity index (χ3n) is 6.31. The number of hydrogen-bond donors (Lipinski definition) is 4. The Morgan fingerprint density at radius 3 is 2.57 bits per heavy atom. The van der Waals surface area contributed by atoms with Crippen LogP contribution in [0.5, 0.6) is 0 Å². The van der Waals surface area contributed by atoms with Gasteiger partial charge in [-0.1, -0.05) is 30.3 Å². The van der Waals surface area contributed by atoms with E-state index in [1.807, 2.05) is 30.3 Å². The Morgan fingerprint density at radius 2 is 1.86 bits per heavy atom. The second kappa shape index (κ2) is 13.1. The van der Waals surface area contributed by atoms with Crippen molar-refractivity contribution in [1.82, 2.24) is 20.7 Å². The van der Waals surface area contributed by atoms with Crippen molar-refractivity contribution < 1.29 is 34.1 Å². The maximum Gasteiger partial charge on any atom is 0.507 e. The van der Waals surface area contributed by atoms with Gasteiger partial charge in [-0.25, -0.2) is 14.8 Å². The molecule has 3 unspecified atom stereocenters. The summed E-state index contributed by atoms with van der Waals surface area (Å²) in [5.74, 6) is -1.47. The number of nitrogens with one attached hydrogen (secondary N) is 2. The first-order chi connectivity index (χ1) is 16.8. The quantitative estimate of drug-likeness (QED) is 0.253. The molecule has 1 aromatic carbocycles. The van der Waals surface area contributed by atoms with Crippen LogP contribution in [0.4, 0.5) is 4.79 Å². The molecule has 192 valence electrons. The van der Waals surface area contributed by atoms with E-state index in [1.54, 1.807) is 5.01 Å². The molecule has 2 saturated heterocycles. The van der Waals surface area contributed by atoms with Gasteiger partial charge in [-0.3, -0.25) is 19.7 Å². The summed E-state index contributed by atoms with van der Waals surface area (Å²) >= 11 is 0. The number of carbonyl (C=O) groups excluding carboxylic acids is 2. The second-order valence-electron chi connectivity index (χ2n) is 8.85. The van der Waals surface area contributed by atoms with Gasteiger partial charge >= 0.3 is 12.1 Å². The third-order valence-corrected chi connectivity index (χ3v) is 6.31. The molecule has 0 spiro atoms. The summed E-state index contributed by atoms with van der Waals surface area (Å²) in [6.45, 7) is 1.58. The van der Waals surface area contributed by atoms with E-state index in [1.165, 1.54) is 5.01 Å². The van der Waals surface area contributed by atoms with Crippen molar-refractivity contribution in [2.75, 3.05) is 19.6 Å². The molecule has 0 radical (unpaired) electrons. The van der Waals surface area contributed by atoms with Crippen LogP contribution in [0, 0.1) is 0 Å². The summed E-state index contributed by atoms with van der Waals surface area (Å²) < 4.78 is 4.89. The van der Waals surface area contributed by atoms with Crippen molar-refractivity contribution in [1.29, 1.82) is 0 Å². The highest BCUT2D eigenvalue weighted by Gasteiger charge is 2.43. The first-order valence-electron chi connectivity index (χ1n) is 12.1. The first kappa shape index (κ1) is 26.4. The van der Waals surface area contributed by atoms with E-state index in [9.17, 15) is 24.3 Å². The SMILES string of the molecule is O=C(CCc1ccccc1)NCCCCC(NC1CCN2CCCC(OC(=O)O)N2C1=O)C(=O)O. The number of amides is 2. The molecular weight excluding hydrogens is 456 g/mol. The summed E-state index contributed by atoms with van der Waals surface area (Å²) in [6, 6.07) is 8.10. The number of nitrogens with zero attached hydrogens (tertiary/aromatic N) is 2. The van der Waals surface area contributed by atoms with Crippen molar-refractivity contribution in [2.45, 2.75) is 69.7 Å². The maximum absolute atomic E-state index is 13.0. The number of hydrazine groups is 1. The Morgan fingerprint density at radius 1 is 1.09 bits per heavy atom. The Labute approximate surface area is 204 Å². The van der Waals surface area contributed by atoms with Gasteiger partial charge in [0.1, 0.15) is 6.04 Å². The standard InChI is InChI=1S/C24H34N4O7/c29-20(12-11-17-7-2-1-3-8-17)25-14-5-4-9-19(23(31)32)26-18-13-16-27-15-6-10-21(35-24(33)34)28(27)22(18)30/h1-3,7-8,18-19,21,26H,4-6,9-16H2,(H,25,29)(H,31,32)(H,33,34). The number of fused-ring (bicyclic) bond motifs is 1. The van der Waals surface area contributed by atoms with Crippen molar-refractivity contribution in [2.24, 2.45) is 0 Å². The molecule has 0 aromatic heterocycles. The molecule has 2 heterocycles. The number of ether oxygens (including phenoxy) is 1. The Balaban J connectivity index is 1.41. The van der Waals surface area contributed by atoms with Crippen LogP contribution in [-0.2, 0) is 25.5 Å². The Kier molecular flexibility index (Phi) is 9.86. The monoisotopic (exact) mass is 490 g/mol. The number of carbonyl (C=O) groups is 4. The summed E-state index contributed by atoms with van der Waals surface area (Å²) in [5.41, 5.74) is 1.10. The molecule has 0 bridgehead atoms. The fourth-order valence-electron chi connectivity index (χ4n) is 4.52. The lowest BCUT2D eigenvalue weighted by atomic mass is 10.0. The minimum absolute atomic E-state index is 0.0428. The van der Waals surface area contributed by atoms with Crippen LogP contribution < -0.4 is 10.6 Å². The van der Waals surface area contributed by atoms with Gasteiger partial charge < -0.3 is 20.3 Å². The second-order valence-corrected chi connectivity index (χ2v) is 8.85. The van der Waals surface area contributed by atoms with Crippen LogP contribution in [0.1, 0.15) is 50.5 Å². The molecular formula is C24H34N4O7. The van der Waals surface area contributed by atoms with Crippen LogP contribution in [0.25, 0.3) is 0 Å². The summed E-state index contributed by atoms with van der Waals surface area (Å²) in [6.07, 6.45) is 1.74. The van der Waals surface area contributed by atoms with Crippen LogP contribution in [0.15, 0.2) is 30.3 Å². The summed E-state index contributed by atoms with van der Waals surface area (Å²) in [4.78, 5) is 47.9. The Bertz CT molecular complexity index is 882. The van der Waals surface area contributed by atoms with E-state index in [-0.39, 0.29) is 11.8 Å². The molecule has 2 aliphatic heterocycles. The smallest absolute Gasteiger partial charge is 0.480 e. The van der Waals surface area contributed by atoms with E-state index in [4.69, 9.17) is 9.84 Å². The van der Waals surface area contributed by atoms with Crippen molar-refractivity contribution in [3.8, 4) is 0 Å². The summed E-state index contributed by atoms with van der Waals surface area (Å²) in [5, 5.41) is 27.5. The molecule has 2 fully saturated rings. The molecule has 2 aliphatic rings. The number of benzene rings is 1. The molecule has 3 atom stereocenters. The average Bonchev–Trinajstić information content (AvgIpc) is 2.83. The zero-order chi connectivity index (χ0) is 25.2. The lowest BCUT2D eigenvalue weighted by Gasteiger charge is -2.47. The van der Waals surface area contributed by atoms with E-state index >= 15 is 0 Å². The highest BCUT2D eigenvalue weighted by molar-refractivity contribution is 5.84. The fourth-order valence-corrected chi connectivity index (χ4v) is 4.52. The number of rotatable bonds is 12. The van der Waals surface area contributed by atoms with Gasteiger partial charge in [-0.15, -0.1) is 0 Å². The molecule has 4 N–H and O–H groups in total. The van der Waals surface area contributed by atoms with E-state index in [2.05, 4.69) is 10.6 Å². The van der Waals surface area contributed by atoms with Gasteiger partial charge in [0.25, 0.3) is 5.91 Å². The van der Waals surface area contributed by atoms with Gasteiger partial charge in [0, 0.05) is 32.5 Å². The van der Waals surface area contributed by atoms with Crippen LogP contribution in [-0.4, -0.2) is 82.1 Å². The van der Waals surface area contributed by atoms with E-state index < -0.39 is 30.4 Å². The molecule has 0 saturated carbocycles. The number of carboxylic acids is 1. The molecule has 11 heteroatoms. The number of hydrogen-bond acceptors (Lipinski definition) is 7. The van der Waals surface area contributed by atoms with Gasteiger partial charge in [-0.2, -0.15) is 0 Å². The van der Waals surface area contributed by atoms with E-state index in [0.717, 1.165) is 5.56 Å². The predicted octanol–water partition coefficient (Wildman–Crippen LogP) is 1.58. The minimum atomic E-state index is -1.45. The lowest BCUT2D eigenvalue weighted by molar-refractivity contribution is -0.202. The number of unbranched alkanes of at least 4 members (excludes halogenated alkanes) is 1. The van der Waals surface area contributed by atoms with Crippen LogP contribution >= 0.6 is 0 Å². The zero-order valence-electron chi connectivity index (χ0n) is 19.7. The number of carboxylic acid groups (broad SMARTS) is 2. The average molecular weight is 491 g/mol. The third kappa shape index (κ3) is 7.93. The summed E-state index contributed by atoms with van der Waals surface area (Å²) in [7, 11) is 0. The van der Waals surface area contributed by atoms with Gasteiger partial charge in [0.15, 0.2) is 6.23 Å². The molecule has 3 rings (SSSR count). The molecule has 1 aromatic rings. The molecule has 11 nitrogen and oxygen atoms in total. The largest absolute Gasteiger partial charge is 0.507 e. The number of aliphatic carboxylic acids is 1. The number of aryl methyl sites for hydroxylation is 1. The van der Waals surface area contributed by atoms with E-state index in [0.29, 0.717) is 71.0 Å². The van der Waals surface area contributed by atoms with Gasteiger partial charge in [0.2, 0.25) is 5.91 Å². The predicted molar refractivity (Wildman–Crippen MR) is 125 cm³/mol. The Hall–Kier alpha value is -3.18. The lowest BCUT2D eigenvalue weighted by Crippen LogP contribution is -2.66. The highest BCUT2D eigenvalue weighted by Crippen LogP contribution is 2.25. The van der Waals surface area contributed by atoms with Crippen molar-refractivity contribution >= 4 is 23.9 Å². The van der Waals surface area contributed by atoms with Crippen molar-refractivity contribution in [3.63, 3.8) is 0 Å². The molecule has 0 aliphatic carbocycles. The minimum Gasteiger partial charge on any atom is -0.480 e. The molecule has 35 heavy (non-hydrogen) atoms. The maximum atomic E-state index is 13.0. The van der Waals surface area contributed by atoms with Crippen LogP contribution in [0.3, 0.4) is 0 Å². The fraction of sp³-hybridized carbons (Fsp3) is 0.583. The topological polar surface area (TPSA) is 149 Å². The molecule has 2 amide bonds. The van der Waals surface area contributed by atoms with Crippen LogP contribution in [0.2, 0.25) is 0 Å². The highest BCUT2D eigenvalue weighted by atomic mass is 16.7. The normalized spacial score (nSPS) is 21.1. The van der Waals surface area contributed by atoms with Crippen molar-refractivity contribution in [3.05, 3.63) is 35.9 Å². The zero-order valence-corrected chi connectivity index (χ0v) is 19.7. The first-order valence-corrected chi connectivity index (χ1v) is 12.1. The van der Waals surface area contributed by atoms with Gasteiger partial charge in [-0.05, 0) is 44.1 Å². The van der Waals surface area contributed by atoms with Gasteiger partial charge in [0.05, 0.1) is 6.04 Å².